The van der Waals surface area contributed by atoms with Crippen LogP contribution in [0.15, 0.2) is 17.5 Å². The predicted octanol–water partition coefficient (Wildman–Crippen LogP) is 2.72. The minimum absolute atomic E-state index is 0.470. The molecule has 0 amide bonds. The van der Waals surface area contributed by atoms with Crippen LogP contribution >= 0.6 is 11.3 Å². The molecule has 4 unspecified atom stereocenters. The van der Waals surface area contributed by atoms with Gasteiger partial charge in [0.25, 0.3) is 0 Å². The molecule has 4 atom stereocenters. The maximum Gasteiger partial charge on any atom is 0.0733 e. The molecule has 1 N–H and O–H groups in total. The van der Waals surface area contributed by atoms with Crippen LogP contribution in [0.5, 0.6) is 0 Å². The number of hydrogen-bond acceptors (Lipinski definition) is 3. The molecule has 0 radical (unpaired) electrons. The van der Waals surface area contributed by atoms with Crippen LogP contribution in [0.25, 0.3) is 0 Å². The fourth-order valence-corrected chi connectivity index (χ4v) is 3.50. The first-order valence-electron chi connectivity index (χ1n) is 5.78. The molecule has 2 saturated heterocycles. The summed E-state index contributed by atoms with van der Waals surface area (Å²) in [6, 6.07) is 5.38. The van der Waals surface area contributed by atoms with Gasteiger partial charge in [0, 0.05) is 17.0 Å². The molecular formula is C12H17NOS. The summed E-state index contributed by atoms with van der Waals surface area (Å²) in [5.41, 5.74) is 0. The van der Waals surface area contributed by atoms with E-state index in [1.165, 1.54) is 24.1 Å². The van der Waals surface area contributed by atoms with Gasteiger partial charge in [-0.15, -0.1) is 11.3 Å². The van der Waals surface area contributed by atoms with Gasteiger partial charge in [0.2, 0.25) is 0 Å². The Kier molecular flexibility index (Phi) is 2.54. The van der Waals surface area contributed by atoms with Gasteiger partial charge in [-0.05, 0) is 37.6 Å². The van der Waals surface area contributed by atoms with Crippen LogP contribution in [0.4, 0.5) is 0 Å². The lowest BCUT2D eigenvalue weighted by molar-refractivity contribution is 0.0963. The molecule has 0 aromatic carbocycles. The van der Waals surface area contributed by atoms with Gasteiger partial charge in [-0.3, -0.25) is 0 Å². The second kappa shape index (κ2) is 3.89. The van der Waals surface area contributed by atoms with Crippen molar-refractivity contribution in [3.05, 3.63) is 22.4 Å². The molecule has 2 fully saturated rings. The SMILES string of the molecule is CC(NC1CC2CCC1O2)c1cccs1. The Morgan fingerprint density at radius 2 is 2.47 bits per heavy atom. The third-order valence-electron chi connectivity index (χ3n) is 3.54. The Balaban J connectivity index is 1.62. The van der Waals surface area contributed by atoms with Crippen molar-refractivity contribution >= 4 is 11.3 Å². The van der Waals surface area contributed by atoms with E-state index >= 15 is 0 Å². The highest BCUT2D eigenvalue weighted by Crippen LogP contribution is 2.35. The van der Waals surface area contributed by atoms with Crippen molar-refractivity contribution in [2.24, 2.45) is 0 Å². The quantitative estimate of drug-likeness (QED) is 0.850. The van der Waals surface area contributed by atoms with Gasteiger partial charge >= 0.3 is 0 Å². The zero-order valence-electron chi connectivity index (χ0n) is 8.98. The Morgan fingerprint density at radius 3 is 3.07 bits per heavy atom. The molecule has 3 heteroatoms. The minimum atomic E-state index is 0.470. The van der Waals surface area contributed by atoms with E-state index in [4.69, 9.17) is 4.74 Å². The molecule has 2 aliphatic heterocycles. The molecule has 0 aliphatic carbocycles. The van der Waals surface area contributed by atoms with E-state index in [9.17, 15) is 0 Å². The van der Waals surface area contributed by atoms with E-state index in [0.717, 1.165) is 0 Å². The van der Waals surface area contributed by atoms with Gasteiger partial charge < -0.3 is 10.1 Å². The molecule has 1 aromatic rings. The van der Waals surface area contributed by atoms with Crippen LogP contribution in [0.3, 0.4) is 0 Å². The van der Waals surface area contributed by atoms with E-state index in [1.54, 1.807) is 0 Å². The zero-order chi connectivity index (χ0) is 10.3. The first-order valence-corrected chi connectivity index (χ1v) is 6.66. The first kappa shape index (κ1) is 9.82. The summed E-state index contributed by atoms with van der Waals surface area (Å²) in [4.78, 5) is 1.43. The Hall–Kier alpha value is -0.380. The molecular weight excluding hydrogens is 206 g/mol. The normalized spacial score (nSPS) is 35.9. The number of thiophene rings is 1. The summed E-state index contributed by atoms with van der Waals surface area (Å²) >= 11 is 1.83. The van der Waals surface area contributed by atoms with E-state index in [1.807, 2.05) is 11.3 Å². The maximum atomic E-state index is 5.84. The second-order valence-electron chi connectivity index (χ2n) is 4.62. The molecule has 2 bridgehead atoms. The summed E-state index contributed by atoms with van der Waals surface area (Å²) in [7, 11) is 0. The fourth-order valence-electron chi connectivity index (χ4n) is 2.75. The molecule has 3 rings (SSSR count). The average molecular weight is 223 g/mol. The Labute approximate surface area is 94.6 Å². The lowest BCUT2D eigenvalue weighted by Gasteiger charge is -2.23. The number of ether oxygens (including phenoxy) is 1. The van der Waals surface area contributed by atoms with Crippen molar-refractivity contribution in [2.75, 3.05) is 0 Å². The lowest BCUT2D eigenvalue weighted by atomic mass is 9.95. The largest absolute Gasteiger partial charge is 0.373 e. The van der Waals surface area contributed by atoms with Crippen molar-refractivity contribution in [3.8, 4) is 0 Å². The highest BCUT2D eigenvalue weighted by Gasteiger charge is 2.41. The van der Waals surface area contributed by atoms with E-state index in [2.05, 4.69) is 29.8 Å². The van der Waals surface area contributed by atoms with Crippen molar-refractivity contribution in [1.29, 1.82) is 0 Å². The standard InChI is InChI=1S/C12H17NOS/c1-8(12-3-2-6-15-12)13-10-7-9-4-5-11(10)14-9/h2-3,6,8-11,13H,4-5,7H2,1H3. The fraction of sp³-hybridized carbons (Fsp3) is 0.667. The van der Waals surface area contributed by atoms with Crippen molar-refractivity contribution in [3.63, 3.8) is 0 Å². The van der Waals surface area contributed by atoms with Crippen molar-refractivity contribution in [1.82, 2.24) is 5.32 Å². The van der Waals surface area contributed by atoms with Gasteiger partial charge in [0.05, 0.1) is 12.2 Å². The van der Waals surface area contributed by atoms with Gasteiger partial charge in [0.1, 0.15) is 0 Å². The van der Waals surface area contributed by atoms with Crippen LogP contribution in [0, 0.1) is 0 Å². The summed E-state index contributed by atoms with van der Waals surface area (Å²) in [5.74, 6) is 0. The summed E-state index contributed by atoms with van der Waals surface area (Å²) in [5, 5.41) is 5.84. The number of nitrogens with one attached hydrogen (secondary N) is 1. The second-order valence-corrected chi connectivity index (χ2v) is 5.60. The third-order valence-corrected chi connectivity index (χ3v) is 4.60. The third kappa shape index (κ3) is 1.84. The highest BCUT2D eigenvalue weighted by atomic mass is 32.1. The highest BCUT2D eigenvalue weighted by molar-refractivity contribution is 7.10. The summed E-state index contributed by atoms with van der Waals surface area (Å²) in [6.45, 7) is 2.25. The van der Waals surface area contributed by atoms with Crippen molar-refractivity contribution < 1.29 is 4.74 Å². The van der Waals surface area contributed by atoms with Crippen LogP contribution in [-0.2, 0) is 4.74 Å². The maximum absolute atomic E-state index is 5.84. The smallest absolute Gasteiger partial charge is 0.0733 e. The van der Waals surface area contributed by atoms with E-state index < -0.39 is 0 Å². The minimum Gasteiger partial charge on any atom is -0.373 e. The number of hydrogen-bond donors (Lipinski definition) is 1. The monoisotopic (exact) mass is 223 g/mol. The van der Waals surface area contributed by atoms with E-state index in [-0.39, 0.29) is 0 Å². The molecule has 0 spiro atoms. The number of fused-ring (bicyclic) bond motifs is 2. The van der Waals surface area contributed by atoms with Crippen molar-refractivity contribution in [2.45, 2.75) is 50.5 Å². The zero-order valence-corrected chi connectivity index (χ0v) is 9.80. The molecule has 0 saturated carbocycles. The molecule has 3 heterocycles. The lowest BCUT2D eigenvalue weighted by Crippen LogP contribution is -2.38. The van der Waals surface area contributed by atoms with Gasteiger partial charge in [0.15, 0.2) is 0 Å². The predicted molar refractivity (Wildman–Crippen MR) is 62.2 cm³/mol. The first-order chi connectivity index (χ1) is 7.33. The van der Waals surface area contributed by atoms with E-state index in [0.29, 0.717) is 24.3 Å². The van der Waals surface area contributed by atoms with Crippen LogP contribution in [-0.4, -0.2) is 18.2 Å². The Morgan fingerprint density at radius 1 is 1.53 bits per heavy atom. The van der Waals surface area contributed by atoms with Crippen LogP contribution in [0.1, 0.15) is 37.1 Å². The number of rotatable bonds is 3. The summed E-state index contributed by atoms with van der Waals surface area (Å²) < 4.78 is 5.84. The molecule has 1 aromatic heterocycles. The van der Waals surface area contributed by atoms with Gasteiger partial charge in [-0.2, -0.15) is 0 Å². The molecule has 15 heavy (non-hydrogen) atoms. The van der Waals surface area contributed by atoms with Gasteiger partial charge in [-0.25, -0.2) is 0 Å². The molecule has 82 valence electrons. The van der Waals surface area contributed by atoms with Crippen LogP contribution in [0.2, 0.25) is 0 Å². The topological polar surface area (TPSA) is 21.3 Å². The average Bonchev–Trinajstić information content (AvgIpc) is 2.95. The summed E-state index contributed by atoms with van der Waals surface area (Å²) in [6.07, 6.45) is 4.76. The molecule has 2 nitrogen and oxygen atoms in total. The molecule has 2 aliphatic rings. The van der Waals surface area contributed by atoms with Crippen LogP contribution < -0.4 is 5.32 Å². The van der Waals surface area contributed by atoms with Gasteiger partial charge in [-0.1, -0.05) is 6.07 Å². The Bertz CT molecular complexity index is 324.